The van der Waals surface area contributed by atoms with Gasteiger partial charge < -0.3 is 10.1 Å². The van der Waals surface area contributed by atoms with E-state index in [-0.39, 0.29) is 17.2 Å². The number of carbonyl (C=O) groups is 1. The van der Waals surface area contributed by atoms with Gasteiger partial charge in [0.25, 0.3) is 0 Å². The molecule has 16 heavy (non-hydrogen) atoms. The summed E-state index contributed by atoms with van der Waals surface area (Å²) in [6, 6.07) is 5.01. The SMILES string of the molecule is O=C(CS)Nc1cccc(OC(F)(F)F)c1. The molecular formula is C9H8F3NO2S. The summed E-state index contributed by atoms with van der Waals surface area (Å²) in [5.41, 5.74) is 0.223. The van der Waals surface area contributed by atoms with E-state index in [2.05, 4.69) is 22.7 Å². The third-order valence-electron chi connectivity index (χ3n) is 1.49. The summed E-state index contributed by atoms with van der Waals surface area (Å²) in [6.45, 7) is 0. The van der Waals surface area contributed by atoms with Crippen molar-refractivity contribution < 1.29 is 22.7 Å². The van der Waals surface area contributed by atoms with E-state index in [4.69, 9.17) is 0 Å². The summed E-state index contributed by atoms with van der Waals surface area (Å²) in [6.07, 6.45) is -4.74. The molecule has 88 valence electrons. The van der Waals surface area contributed by atoms with E-state index in [0.717, 1.165) is 12.1 Å². The molecule has 0 aliphatic carbocycles. The number of carbonyl (C=O) groups excluding carboxylic acids is 1. The van der Waals surface area contributed by atoms with Crippen LogP contribution in [0.1, 0.15) is 0 Å². The first-order valence-electron chi connectivity index (χ1n) is 4.17. The first kappa shape index (κ1) is 12.7. The Morgan fingerprint density at radius 2 is 2.12 bits per heavy atom. The molecule has 0 atom stereocenters. The van der Waals surface area contributed by atoms with Crippen LogP contribution in [0, 0.1) is 0 Å². The predicted octanol–water partition coefficient (Wildman–Crippen LogP) is 2.45. The highest BCUT2D eigenvalue weighted by atomic mass is 32.1. The smallest absolute Gasteiger partial charge is 0.406 e. The van der Waals surface area contributed by atoms with E-state index in [1.54, 1.807) is 0 Å². The number of amides is 1. The first-order chi connectivity index (χ1) is 7.40. The minimum absolute atomic E-state index is 0.0512. The number of alkyl halides is 3. The molecule has 0 aliphatic heterocycles. The van der Waals surface area contributed by atoms with E-state index < -0.39 is 12.3 Å². The molecule has 1 amide bonds. The molecule has 0 heterocycles. The van der Waals surface area contributed by atoms with Gasteiger partial charge in [0.05, 0.1) is 5.75 Å². The molecular weight excluding hydrogens is 243 g/mol. The van der Waals surface area contributed by atoms with Crippen LogP contribution in [-0.2, 0) is 4.79 Å². The molecule has 0 radical (unpaired) electrons. The lowest BCUT2D eigenvalue weighted by Gasteiger charge is -2.10. The van der Waals surface area contributed by atoms with Gasteiger partial charge >= 0.3 is 6.36 Å². The van der Waals surface area contributed by atoms with Crippen molar-refractivity contribution in [2.24, 2.45) is 0 Å². The quantitative estimate of drug-likeness (QED) is 0.810. The van der Waals surface area contributed by atoms with Gasteiger partial charge in [0.2, 0.25) is 5.91 Å². The molecule has 0 spiro atoms. The number of hydrogen-bond donors (Lipinski definition) is 2. The Hall–Kier alpha value is -1.37. The molecule has 0 bridgehead atoms. The zero-order valence-electron chi connectivity index (χ0n) is 7.91. The molecule has 0 aromatic heterocycles. The Balaban J connectivity index is 2.75. The fourth-order valence-corrected chi connectivity index (χ4v) is 1.05. The summed E-state index contributed by atoms with van der Waals surface area (Å²) < 4.78 is 39.3. The van der Waals surface area contributed by atoms with Gasteiger partial charge in [-0.25, -0.2) is 0 Å². The number of benzene rings is 1. The molecule has 1 aromatic rings. The second-order valence-electron chi connectivity index (χ2n) is 2.78. The number of halogens is 3. The molecule has 7 heteroatoms. The van der Waals surface area contributed by atoms with Crippen LogP contribution in [0.15, 0.2) is 24.3 Å². The van der Waals surface area contributed by atoms with Crippen LogP contribution < -0.4 is 10.1 Å². The van der Waals surface area contributed by atoms with Crippen molar-refractivity contribution >= 4 is 24.2 Å². The van der Waals surface area contributed by atoms with Crippen LogP contribution in [0.4, 0.5) is 18.9 Å². The predicted molar refractivity (Wildman–Crippen MR) is 55.6 cm³/mol. The number of rotatable bonds is 3. The standard InChI is InChI=1S/C9H8F3NO2S/c10-9(11,12)15-7-3-1-2-6(4-7)13-8(14)5-16/h1-4,16H,5H2,(H,13,14). The number of thiol groups is 1. The van der Waals surface area contributed by atoms with Crippen molar-refractivity contribution in [2.45, 2.75) is 6.36 Å². The average molecular weight is 251 g/mol. The van der Waals surface area contributed by atoms with Crippen molar-refractivity contribution in [3.05, 3.63) is 24.3 Å². The van der Waals surface area contributed by atoms with E-state index in [0.29, 0.717) is 0 Å². The molecule has 1 rings (SSSR count). The summed E-state index contributed by atoms with van der Waals surface area (Å²) in [5.74, 6) is -0.846. The lowest BCUT2D eigenvalue weighted by Crippen LogP contribution is -2.17. The Labute approximate surface area is 95.0 Å². The third-order valence-corrected chi connectivity index (χ3v) is 1.78. The largest absolute Gasteiger partial charge is 0.573 e. The maximum absolute atomic E-state index is 11.9. The number of anilines is 1. The number of ether oxygens (including phenoxy) is 1. The molecule has 1 aromatic carbocycles. The highest BCUT2D eigenvalue weighted by Gasteiger charge is 2.31. The number of nitrogens with one attached hydrogen (secondary N) is 1. The van der Waals surface area contributed by atoms with Gasteiger partial charge in [-0.05, 0) is 12.1 Å². The van der Waals surface area contributed by atoms with Gasteiger partial charge in [0.15, 0.2) is 0 Å². The zero-order chi connectivity index (χ0) is 12.2. The van der Waals surface area contributed by atoms with E-state index in [9.17, 15) is 18.0 Å². The van der Waals surface area contributed by atoms with Gasteiger partial charge in [-0.3, -0.25) is 4.79 Å². The summed E-state index contributed by atoms with van der Waals surface area (Å²) >= 11 is 3.72. The summed E-state index contributed by atoms with van der Waals surface area (Å²) in [4.78, 5) is 10.9. The molecule has 0 unspecified atom stereocenters. The normalized spacial score (nSPS) is 11.0. The third kappa shape index (κ3) is 4.43. The van der Waals surface area contributed by atoms with Crippen molar-refractivity contribution in [2.75, 3.05) is 11.1 Å². The lowest BCUT2D eigenvalue weighted by molar-refractivity contribution is -0.274. The zero-order valence-corrected chi connectivity index (χ0v) is 8.81. The van der Waals surface area contributed by atoms with Crippen molar-refractivity contribution in [1.29, 1.82) is 0 Å². The average Bonchev–Trinajstić information content (AvgIpc) is 2.15. The van der Waals surface area contributed by atoms with Crippen molar-refractivity contribution in [3.63, 3.8) is 0 Å². The molecule has 3 nitrogen and oxygen atoms in total. The Morgan fingerprint density at radius 3 is 2.69 bits per heavy atom. The molecule has 1 N–H and O–H groups in total. The molecule has 0 saturated carbocycles. The van der Waals surface area contributed by atoms with Gasteiger partial charge in [0.1, 0.15) is 5.75 Å². The molecule has 0 saturated heterocycles. The van der Waals surface area contributed by atoms with Gasteiger partial charge in [-0.15, -0.1) is 13.2 Å². The van der Waals surface area contributed by atoms with Crippen LogP contribution in [0.2, 0.25) is 0 Å². The number of hydrogen-bond acceptors (Lipinski definition) is 3. The highest BCUT2D eigenvalue weighted by Crippen LogP contribution is 2.24. The summed E-state index contributed by atoms with van der Waals surface area (Å²) in [5, 5.41) is 2.36. The fourth-order valence-electron chi connectivity index (χ4n) is 0.971. The van der Waals surface area contributed by atoms with Gasteiger partial charge in [0, 0.05) is 11.8 Å². The Bertz CT molecular complexity index is 381. The van der Waals surface area contributed by atoms with Crippen LogP contribution in [-0.4, -0.2) is 18.0 Å². The van der Waals surface area contributed by atoms with Crippen molar-refractivity contribution in [1.82, 2.24) is 0 Å². The molecule has 0 fully saturated rings. The van der Waals surface area contributed by atoms with E-state index >= 15 is 0 Å². The lowest BCUT2D eigenvalue weighted by atomic mass is 10.3. The maximum atomic E-state index is 11.9. The first-order valence-corrected chi connectivity index (χ1v) is 4.80. The minimum Gasteiger partial charge on any atom is -0.406 e. The van der Waals surface area contributed by atoms with Crippen LogP contribution in [0.25, 0.3) is 0 Å². The highest BCUT2D eigenvalue weighted by molar-refractivity contribution is 7.81. The van der Waals surface area contributed by atoms with E-state index in [1.807, 2.05) is 0 Å². The Morgan fingerprint density at radius 1 is 1.44 bits per heavy atom. The molecule has 0 aliphatic rings. The van der Waals surface area contributed by atoms with Gasteiger partial charge in [-0.2, -0.15) is 12.6 Å². The van der Waals surface area contributed by atoms with Crippen LogP contribution in [0.5, 0.6) is 5.75 Å². The minimum atomic E-state index is -4.74. The second-order valence-corrected chi connectivity index (χ2v) is 3.10. The van der Waals surface area contributed by atoms with Crippen LogP contribution >= 0.6 is 12.6 Å². The Kier molecular flexibility index (Phi) is 4.05. The summed E-state index contributed by atoms with van der Waals surface area (Å²) in [7, 11) is 0. The second kappa shape index (κ2) is 5.11. The van der Waals surface area contributed by atoms with Gasteiger partial charge in [-0.1, -0.05) is 6.07 Å². The van der Waals surface area contributed by atoms with Crippen molar-refractivity contribution in [3.8, 4) is 5.75 Å². The monoisotopic (exact) mass is 251 g/mol. The fraction of sp³-hybridized carbons (Fsp3) is 0.222. The topological polar surface area (TPSA) is 38.3 Å². The maximum Gasteiger partial charge on any atom is 0.573 e. The van der Waals surface area contributed by atoms with Crippen LogP contribution in [0.3, 0.4) is 0 Å². The van der Waals surface area contributed by atoms with E-state index in [1.165, 1.54) is 12.1 Å².